The Labute approximate surface area is 231 Å². The van der Waals surface area contributed by atoms with Gasteiger partial charge in [-0.25, -0.2) is 0 Å². The summed E-state index contributed by atoms with van der Waals surface area (Å²) in [6.45, 7) is 15.1. The van der Waals surface area contributed by atoms with E-state index < -0.39 is 22.6 Å². The molecule has 1 aliphatic rings. The van der Waals surface area contributed by atoms with Crippen LogP contribution in [0.4, 0.5) is 0 Å². The molecule has 0 radical (unpaired) electrons. The molecule has 0 spiro atoms. The van der Waals surface area contributed by atoms with Crippen molar-refractivity contribution in [1.29, 1.82) is 0 Å². The topological polar surface area (TPSA) is 55.4 Å². The fourth-order valence-corrected chi connectivity index (χ4v) is 10.9. The van der Waals surface area contributed by atoms with Crippen LogP contribution >= 0.6 is 0 Å². The molecular weight excluding hydrogens is 512 g/mol. The minimum absolute atomic E-state index is 0.513. The molecule has 1 unspecified atom stereocenters. The number of allylic oxidation sites excluding steroid dienone is 4. The molecule has 1 atom stereocenters. The molecule has 2 aromatic carbocycles. The highest BCUT2D eigenvalue weighted by Gasteiger charge is 2.60. The summed E-state index contributed by atoms with van der Waals surface area (Å²) in [6.07, 6.45) is 7.42. The Kier molecular flexibility index (Phi) is 11.7. The van der Waals surface area contributed by atoms with Crippen molar-refractivity contribution < 1.29 is 26.6 Å². The summed E-state index contributed by atoms with van der Waals surface area (Å²) >= 11 is 0. The van der Waals surface area contributed by atoms with Gasteiger partial charge >= 0.3 is 17.6 Å². The molecule has 0 amide bonds. The number of hydrogen-bond acceptors (Lipinski definition) is 6. The Bertz CT molecular complexity index is 1010. The van der Waals surface area contributed by atoms with E-state index in [1.165, 1.54) is 0 Å². The summed E-state index contributed by atoms with van der Waals surface area (Å²) < 4.78 is 37.6. The predicted octanol–water partition coefficient (Wildman–Crippen LogP) is 5.81. The molecule has 0 saturated carbocycles. The summed E-state index contributed by atoms with van der Waals surface area (Å²) in [7, 11) is -6.10. The lowest BCUT2D eigenvalue weighted by Gasteiger charge is -2.44. The van der Waals surface area contributed by atoms with Gasteiger partial charge in [0.2, 0.25) is 0 Å². The molecule has 0 fully saturated rings. The molecule has 0 bridgehead atoms. The predicted molar refractivity (Wildman–Crippen MR) is 157 cm³/mol. The normalized spacial score (nSPS) is 18.0. The molecule has 1 aliphatic carbocycles. The Morgan fingerprint density at radius 1 is 0.632 bits per heavy atom. The van der Waals surface area contributed by atoms with Crippen molar-refractivity contribution in [3.8, 4) is 0 Å². The molecule has 8 heteroatoms. The fourth-order valence-electron chi connectivity index (χ4n) is 5.10. The van der Waals surface area contributed by atoms with E-state index in [-0.39, 0.29) is 0 Å². The summed E-state index contributed by atoms with van der Waals surface area (Å²) in [4.78, 5) is 0. The van der Waals surface area contributed by atoms with Crippen LogP contribution < -0.4 is 5.19 Å². The summed E-state index contributed by atoms with van der Waals surface area (Å²) in [5.41, 5.74) is 3.41. The maximum absolute atomic E-state index is 6.45. The Morgan fingerprint density at radius 3 is 1.55 bits per heavy atom. The third-order valence-corrected chi connectivity index (χ3v) is 13.4. The van der Waals surface area contributed by atoms with E-state index in [1.54, 1.807) is 0 Å². The lowest BCUT2D eigenvalue weighted by atomic mass is 9.87. The molecular formula is C30H44O6Si2. The monoisotopic (exact) mass is 556 g/mol. The van der Waals surface area contributed by atoms with Crippen LogP contribution in [0, 0.1) is 0 Å². The van der Waals surface area contributed by atoms with Crippen LogP contribution in [-0.2, 0) is 31.6 Å². The fraction of sp³-hybridized carbons (Fsp3) is 0.467. The van der Waals surface area contributed by atoms with Crippen LogP contribution in [0.1, 0.15) is 59.1 Å². The van der Waals surface area contributed by atoms with Crippen LogP contribution in [-0.4, -0.2) is 57.3 Å². The van der Waals surface area contributed by atoms with Gasteiger partial charge in [0.05, 0.1) is 5.04 Å². The Hall–Kier alpha value is -1.89. The molecule has 3 rings (SSSR count). The third kappa shape index (κ3) is 6.29. The zero-order chi connectivity index (χ0) is 27.5. The lowest BCUT2D eigenvalue weighted by molar-refractivity contribution is 0.0512. The summed E-state index contributed by atoms with van der Waals surface area (Å²) in [5, 5.41) is 0.460. The number of benzene rings is 2. The van der Waals surface area contributed by atoms with Crippen LogP contribution in [0.15, 0.2) is 72.8 Å². The maximum Gasteiger partial charge on any atom is 0.537 e. The van der Waals surface area contributed by atoms with Gasteiger partial charge in [-0.2, -0.15) is 0 Å². The van der Waals surface area contributed by atoms with E-state index in [0.717, 1.165) is 21.9 Å². The molecule has 38 heavy (non-hydrogen) atoms. The van der Waals surface area contributed by atoms with Crippen LogP contribution in [0.3, 0.4) is 0 Å². The number of rotatable bonds is 16. The first-order valence-corrected chi connectivity index (χ1v) is 17.3. The SMILES string of the molecule is CCO[Si](OCC)(OCC)c1ccc(C2=CCC(c3ccccc3)([Si](OCC)(OCC)OCC)C=C2)cc1. The van der Waals surface area contributed by atoms with Gasteiger partial charge in [0.15, 0.2) is 0 Å². The molecule has 0 heterocycles. The van der Waals surface area contributed by atoms with Crippen LogP contribution in [0.25, 0.3) is 5.57 Å². The van der Waals surface area contributed by atoms with E-state index in [2.05, 4.69) is 66.8 Å². The third-order valence-electron chi connectivity index (χ3n) is 6.60. The van der Waals surface area contributed by atoms with Crippen molar-refractivity contribution in [3.05, 3.63) is 84.0 Å². The second-order valence-corrected chi connectivity index (χ2v) is 14.2. The van der Waals surface area contributed by atoms with Crippen molar-refractivity contribution in [3.63, 3.8) is 0 Å². The molecule has 0 N–H and O–H groups in total. The highest BCUT2D eigenvalue weighted by Crippen LogP contribution is 2.45. The first-order chi connectivity index (χ1) is 18.5. The van der Waals surface area contributed by atoms with E-state index in [1.807, 2.05) is 47.6 Å². The van der Waals surface area contributed by atoms with Crippen molar-refractivity contribution in [2.24, 2.45) is 0 Å². The van der Waals surface area contributed by atoms with Gasteiger partial charge in [-0.15, -0.1) is 0 Å². The van der Waals surface area contributed by atoms with E-state index in [0.29, 0.717) is 46.1 Å². The van der Waals surface area contributed by atoms with Crippen LogP contribution in [0.2, 0.25) is 0 Å². The zero-order valence-corrected chi connectivity index (χ0v) is 25.8. The maximum atomic E-state index is 6.45. The number of hydrogen-bond donors (Lipinski definition) is 0. The van der Waals surface area contributed by atoms with Crippen molar-refractivity contribution in [2.75, 3.05) is 39.6 Å². The minimum atomic E-state index is -3.15. The van der Waals surface area contributed by atoms with Crippen molar-refractivity contribution in [1.82, 2.24) is 0 Å². The average Bonchev–Trinajstić information content (AvgIpc) is 2.94. The quantitative estimate of drug-likeness (QED) is 0.243. The van der Waals surface area contributed by atoms with Gasteiger partial charge in [0, 0.05) is 44.8 Å². The van der Waals surface area contributed by atoms with Crippen molar-refractivity contribution >= 4 is 28.4 Å². The Balaban J connectivity index is 2.00. The largest absolute Gasteiger partial charge is 0.537 e. The molecule has 0 aliphatic heterocycles. The summed E-state index contributed by atoms with van der Waals surface area (Å²) in [5.74, 6) is 0. The Morgan fingerprint density at radius 2 is 1.13 bits per heavy atom. The van der Waals surface area contributed by atoms with E-state index >= 15 is 0 Å². The van der Waals surface area contributed by atoms with Gasteiger partial charge < -0.3 is 26.6 Å². The molecule has 0 saturated heterocycles. The zero-order valence-electron chi connectivity index (χ0n) is 23.8. The van der Waals surface area contributed by atoms with Gasteiger partial charge in [0.1, 0.15) is 0 Å². The second kappa shape index (κ2) is 14.5. The minimum Gasteiger partial charge on any atom is -0.373 e. The molecule has 208 valence electrons. The molecule has 0 aromatic heterocycles. The van der Waals surface area contributed by atoms with Crippen LogP contribution in [0.5, 0.6) is 0 Å². The van der Waals surface area contributed by atoms with Gasteiger partial charge in [-0.3, -0.25) is 0 Å². The van der Waals surface area contributed by atoms with Gasteiger partial charge in [-0.05, 0) is 64.7 Å². The smallest absolute Gasteiger partial charge is 0.373 e. The second-order valence-electron chi connectivity index (χ2n) is 8.82. The van der Waals surface area contributed by atoms with E-state index in [4.69, 9.17) is 26.6 Å². The molecule has 6 nitrogen and oxygen atoms in total. The first-order valence-electron chi connectivity index (χ1n) is 13.9. The highest BCUT2D eigenvalue weighted by molar-refractivity contribution is 6.75. The first kappa shape index (κ1) is 30.7. The molecule has 2 aromatic rings. The van der Waals surface area contributed by atoms with Gasteiger partial charge in [-0.1, -0.05) is 72.8 Å². The lowest BCUT2D eigenvalue weighted by Crippen LogP contribution is -2.62. The van der Waals surface area contributed by atoms with Gasteiger partial charge in [0.25, 0.3) is 0 Å². The average molecular weight is 557 g/mol. The highest BCUT2D eigenvalue weighted by atomic mass is 28.4. The summed E-state index contributed by atoms with van der Waals surface area (Å²) in [6, 6.07) is 18.9. The van der Waals surface area contributed by atoms with E-state index in [9.17, 15) is 0 Å². The standard InChI is InChI=1S/C30H44O6Si2/c1-7-31-37(32-8-2,33-9-3)29-20-18-26(19-21-29)27-22-24-30(25-23-27,28-16-14-13-15-17-28)38(34-10-4,35-11-5)36-12-6/h13-24H,7-12,25H2,1-6H3. The van der Waals surface area contributed by atoms with Crippen molar-refractivity contribution in [2.45, 2.75) is 53.0 Å².